The van der Waals surface area contributed by atoms with Crippen molar-refractivity contribution in [1.82, 2.24) is 10.2 Å². The van der Waals surface area contributed by atoms with E-state index in [9.17, 15) is 4.79 Å². The van der Waals surface area contributed by atoms with Crippen LogP contribution in [0.4, 0.5) is 16.5 Å². The monoisotopic (exact) mass is 414 g/mol. The number of hydrogen-bond acceptors (Lipinski definition) is 7. The standard InChI is InChI=1S/C20H22N4O2S2/c1-12-8-7-10-15(13(12)2)22-19-23-24-20(28-19)27-14(3)18(25)21-16-9-5-6-11-17(16)26-4/h5-11,14H,1-4H3,(H,21,25)(H,22,23). The Kier molecular flexibility index (Phi) is 6.53. The van der Waals surface area contributed by atoms with E-state index in [0.717, 1.165) is 10.0 Å². The van der Waals surface area contributed by atoms with E-state index in [1.54, 1.807) is 7.11 Å². The highest BCUT2D eigenvalue weighted by Gasteiger charge is 2.18. The summed E-state index contributed by atoms with van der Waals surface area (Å²) in [5.41, 5.74) is 4.05. The predicted octanol–water partition coefficient (Wildman–Crippen LogP) is 5.03. The number of rotatable bonds is 7. The van der Waals surface area contributed by atoms with Crippen LogP contribution >= 0.6 is 23.1 Å². The molecule has 0 bridgehead atoms. The third-order valence-electron chi connectivity index (χ3n) is 4.26. The van der Waals surface area contributed by atoms with Crippen molar-refractivity contribution >= 4 is 45.5 Å². The first-order valence-corrected chi connectivity index (χ1v) is 10.4. The zero-order valence-electron chi connectivity index (χ0n) is 16.1. The number of hydrogen-bond donors (Lipinski definition) is 2. The number of methoxy groups -OCH3 is 1. The largest absolute Gasteiger partial charge is 0.495 e. The van der Waals surface area contributed by atoms with Crippen molar-refractivity contribution in [3.05, 3.63) is 53.6 Å². The van der Waals surface area contributed by atoms with E-state index in [4.69, 9.17) is 4.74 Å². The average molecular weight is 415 g/mol. The highest BCUT2D eigenvalue weighted by Crippen LogP contribution is 2.32. The molecular formula is C20H22N4O2S2. The molecule has 0 saturated heterocycles. The average Bonchev–Trinajstić information content (AvgIpc) is 3.12. The maximum Gasteiger partial charge on any atom is 0.237 e. The van der Waals surface area contributed by atoms with Crippen LogP contribution in [0, 0.1) is 13.8 Å². The summed E-state index contributed by atoms with van der Waals surface area (Å²) in [4.78, 5) is 12.5. The number of aromatic nitrogens is 2. The maximum absolute atomic E-state index is 12.5. The van der Waals surface area contributed by atoms with Crippen LogP contribution in [0.2, 0.25) is 0 Å². The van der Waals surface area contributed by atoms with Crippen LogP contribution in [0.15, 0.2) is 46.8 Å². The SMILES string of the molecule is COc1ccccc1NC(=O)C(C)Sc1nnc(Nc2cccc(C)c2C)s1. The first-order chi connectivity index (χ1) is 13.5. The van der Waals surface area contributed by atoms with Crippen LogP contribution in [-0.4, -0.2) is 28.5 Å². The van der Waals surface area contributed by atoms with Crippen molar-refractivity contribution in [2.75, 3.05) is 17.7 Å². The van der Waals surface area contributed by atoms with E-state index in [1.165, 1.54) is 34.2 Å². The molecule has 28 heavy (non-hydrogen) atoms. The fraction of sp³-hybridized carbons (Fsp3) is 0.250. The van der Waals surface area contributed by atoms with Gasteiger partial charge in [0.15, 0.2) is 4.34 Å². The summed E-state index contributed by atoms with van der Waals surface area (Å²) in [6.45, 7) is 5.98. The van der Waals surface area contributed by atoms with Crippen LogP contribution in [0.25, 0.3) is 0 Å². The van der Waals surface area contributed by atoms with E-state index in [-0.39, 0.29) is 11.2 Å². The second kappa shape index (κ2) is 9.07. The van der Waals surface area contributed by atoms with Crippen molar-refractivity contribution in [1.29, 1.82) is 0 Å². The minimum absolute atomic E-state index is 0.117. The van der Waals surface area contributed by atoms with Gasteiger partial charge in [-0.2, -0.15) is 0 Å². The van der Waals surface area contributed by atoms with Crippen molar-refractivity contribution in [2.24, 2.45) is 0 Å². The molecule has 146 valence electrons. The smallest absolute Gasteiger partial charge is 0.237 e. The van der Waals surface area contributed by atoms with Gasteiger partial charge in [0.2, 0.25) is 11.0 Å². The molecule has 0 aliphatic heterocycles. The number of ether oxygens (including phenoxy) is 1. The van der Waals surface area contributed by atoms with Gasteiger partial charge in [0.25, 0.3) is 0 Å². The third-order valence-corrected chi connectivity index (χ3v) is 6.29. The number of benzene rings is 2. The Hall–Kier alpha value is -2.58. The normalized spacial score (nSPS) is 11.7. The number of nitrogens with zero attached hydrogens (tertiary/aromatic N) is 2. The van der Waals surface area contributed by atoms with Gasteiger partial charge in [-0.1, -0.05) is 47.4 Å². The molecule has 3 aromatic rings. The molecule has 0 fully saturated rings. The minimum Gasteiger partial charge on any atom is -0.495 e. The number of thioether (sulfide) groups is 1. The highest BCUT2D eigenvalue weighted by atomic mass is 32.2. The molecule has 8 heteroatoms. The zero-order valence-corrected chi connectivity index (χ0v) is 17.8. The molecule has 6 nitrogen and oxygen atoms in total. The summed E-state index contributed by atoms with van der Waals surface area (Å²) >= 11 is 2.80. The molecule has 1 heterocycles. The Bertz CT molecular complexity index is 974. The lowest BCUT2D eigenvalue weighted by molar-refractivity contribution is -0.115. The zero-order chi connectivity index (χ0) is 20.1. The molecule has 1 amide bonds. The van der Waals surface area contributed by atoms with Crippen LogP contribution in [0.5, 0.6) is 5.75 Å². The highest BCUT2D eigenvalue weighted by molar-refractivity contribution is 8.02. The number of aryl methyl sites for hydroxylation is 1. The Morgan fingerprint density at radius 2 is 1.86 bits per heavy atom. The van der Waals surface area contributed by atoms with Crippen LogP contribution in [0.3, 0.4) is 0 Å². The van der Waals surface area contributed by atoms with Crippen molar-refractivity contribution in [2.45, 2.75) is 30.4 Å². The Balaban J connectivity index is 1.62. The van der Waals surface area contributed by atoms with Gasteiger partial charge >= 0.3 is 0 Å². The summed E-state index contributed by atoms with van der Waals surface area (Å²) in [5.74, 6) is 0.512. The van der Waals surface area contributed by atoms with Gasteiger partial charge in [0.1, 0.15) is 5.75 Å². The maximum atomic E-state index is 12.5. The van der Waals surface area contributed by atoms with Gasteiger partial charge in [-0.05, 0) is 50.1 Å². The molecule has 0 saturated carbocycles. The number of amides is 1. The van der Waals surface area contributed by atoms with Crippen LogP contribution < -0.4 is 15.4 Å². The number of carbonyl (C=O) groups is 1. The lowest BCUT2D eigenvalue weighted by atomic mass is 10.1. The van der Waals surface area contributed by atoms with E-state index >= 15 is 0 Å². The Morgan fingerprint density at radius 1 is 1.11 bits per heavy atom. The first-order valence-electron chi connectivity index (χ1n) is 8.75. The summed E-state index contributed by atoms with van der Waals surface area (Å²) < 4.78 is 6.00. The van der Waals surface area contributed by atoms with Gasteiger partial charge < -0.3 is 15.4 Å². The predicted molar refractivity (Wildman–Crippen MR) is 116 cm³/mol. The number of carbonyl (C=O) groups excluding carboxylic acids is 1. The van der Waals surface area contributed by atoms with E-state index in [0.29, 0.717) is 16.6 Å². The number of anilines is 3. The van der Waals surface area contributed by atoms with Crippen LogP contribution in [-0.2, 0) is 4.79 Å². The molecule has 0 aliphatic rings. The molecule has 0 radical (unpaired) electrons. The topological polar surface area (TPSA) is 76.1 Å². The molecule has 2 N–H and O–H groups in total. The molecule has 1 aromatic heterocycles. The second-order valence-corrected chi connectivity index (χ2v) is 8.76. The minimum atomic E-state index is -0.327. The molecule has 0 spiro atoms. The fourth-order valence-electron chi connectivity index (χ4n) is 2.50. The summed E-state index contributed by atoms with van der Waals surface area (Å²) in [7, 11) is 1.58. The Morgan fingerprint density at radius 3 is 2.64 bits per heavy atom. The molecule has 3 rings (SSSR count). The quantitative estimate of drug-likeness (QED) is 0.528. The third kappa shape index (κ3) is 4.82. The van der Waals surface area contributed by atoms with Gasteiger partial charge in [-0.3, -0.25) is 4.79 Å². The number of para-hydroxylation sites is 2. The molecule has 1 atom stereocenters. The molecular weight excluding hydrogens is 392 g/mol. The van der Waals surface area contributed by atoms with Crippen LogP contribution in [0.1, 0.15) is 18.1 Å². The lowest BCUT2D eigenvalue weighted by Gasteiger charge is -2.12. The number of nitrogens with one attached hydrogen (secondary N) is 2. The summed E-state index contributed by atoms with van der Waals surface area (Å²) in [5, 5.41) is 15.0. The first kappa shape index (κ1) is 20.2. The molecule has 1 unspecified atom stereocenters. The summed E-state index contributed by atoms with van der Waals surface area (Å²) in [6.07, 6.45) is 0. The second-order valence-electron chi connectivity index (χ2n) is 6.20. The lowest BCUT2D eigenvalue weighted by Crippen LogP contribution is -2.22. The van der Waals surface area contributed by atoms with Crippen molar-refractivity contribution in [3.63, 3.8) is 0 Å². The van der Waals surface area contributed by atoms with Crippen molar-refractivity contribution in [3.8, 4) is 5.75 Å². The fourth-order valence-corrected chi connectivity index (χ4v) is 4.40. The van der Waals surface area contributed by atoms with E-state index < -0.39 is 0 Å². The van der Waals surface area contributed by atoms with E-state index in [2.05, 4.69) is 40.7 Å². The van der Waals surface area contributed by atoms with Gasteiger partial charge in [0, 0.05) is 5.69 Å². The molecule has 0 aliphatic carbocycles. The van der Waals surface area contributed by atoms with Gasteiger partial charge in [-0.15, -0.1) is 10.2 Å². The van der Waals surface area contributed by atoms with E-state index in [1.807, 2.05) is 43.3 Å². The summed E-state index contributed by atoms with van der Waals surface area (Å²) in [6, 6.07) is 13.4. The van der Waals surface area contributed by atoms with Crippen molar-refractivity contribution < 1.29 is 9.53 Å². The Labute approximate surface area is 172 Å². The molecule has 2 aromatic carbocycles. The van der Waals surface area contributed by atoms with Gasteiger partial charge in [0.05, 0.1) is 18.0 Å². The van der Waals surface area contributed by atoms with Gasteiger partial charge in [-0.25, -0.2) is 0 Å².